The van der Waals surface area contributed by atoms with Crippen LogP contribution in [-0.2, 0) is 25.1 Å². The minimum atomic E-state index is -3.87. The third kappa shape index (κ3) is 4.13. The second kappa shape index (κ2) is 7.65. The van der Waals surface area contributed by atoms with Gasteiger partial charge in [-0.25, -0.2) is 8.42 Å². The predicted octanol–water partition coefficient (Wildman–Crippen LogP) is 2.77. The van der Waals surface area contributed by atoms with E-state index in [1.54, 1.807) is 48.5 Å². The van der Waals surface area contributed by atoms with Gasteiger partial charge < -0.3 is 19.5 Å². The lowest BCUT2D eigenvalue weighted by Crippen LogP contribution is -2.41. The number of anilines is 1. The van der Waals surface area contributed by atoms with Gasteiger partial charge in [-0.2, -0.15) is 0 Å². The highest BCUT2D eigenvalue weighted by atomic mass is 32.2. The van der Waals surface area contributed by atoms with Gasteiger partial charge in [0.25, 0.3) is 5.91 Å². The number of furan rings is 1. The summed E-state index contributed by atoms with van der Waals surface area (Å²) in [5.41, 5.74) is 6.24. The zero-order valence-electron chi connectivity index (χ0n) is 18.3. The van der Waals surface area contributed by atoms with E-state index in [0.29, 0.717) is 16.5 Å². The highest BCUT2D eigenvalue weighted by molar-refractivity contribution is 7.91. The van der Waals surface area contributed by atoms with Crippen LogP contribution in [0.4, 0.5) is 5.88 Å². The SMILES string of the molecule is CC1(C)OB(c2ccc(CS(=O)(=O)Nc3oc4ccccc4c3C(N)=O)cc2)OC1(C)C. The van der Waals surface area contributed by atoms with Crippen LogP contribution in [-0.4, -0.2) is 32.6 Å². The van der Waals surface area contributed by atoms with E-state index in [2.05, 4.69) is 4.72 Å². The molecule has 0 radical (unpaired) electrons. The Morgan fingerprint density at radius 3 is 2.19 bits per heavy atom. The van der Waals surface area contributed by atoms with Crippen LogP contribution in [0.25, 0.3) is 11.0 Å². The molecule has 32 heavy (non-hydrogen) atoms. The maximum atomic E-state index is 12.8. The Balaban J connectivity index is 1.52. The number of nitrogens with one attached hydrogen (secondary N) is 1. The summed E-state index contributed by atoms with van der Waals surface area (Å²) >= 11 is 0. The molecule has 8 nitrogen and oxygen atoms in total. The number of primary amides is 1. The van der Waals surface area contributed by atoms with E-state index in [9.17, 15) is 13.2 Å². The van der Waals surface area contributed by atoms with Gasteiger partial charge in [-0.3, -0.25) is 9.52 Å². The maximum absolute atomic E-state index is 12.8. The summed E-state index contributed by atoms with van der Waals surface area (Å²) in [7, 11) is -4.40. The van der Waals surface area contributed by atoms with Crippen molar-refractivity contribution >= 4 is 45.4 Å². The molecule has 4 rings (SSSR count). The van der Waals surface area contributed by atoms with Crippen LogP contribution < -0.4 is 15.9 Å². The summed E-state index contributed by atoms with van der Waals surface area (Å²) in [5, 5.41) is 0.449. The van der Waals surface area contributed by atoms with Crippen LogP contribution in [0.3, 0.4) is 0 Å². The Hall–Kier alpha value is -2.82. The van der Waals surface area contributed by atoms with Crippen molar-refractivity contribution in [3.05, 3.63) is 59.7 Å². The standard InChI is InChI=1S/C22H25BN2O6S/c1-21(2)22(3,4)31-23(30-21)15-11-9-14(10-12-15)13-32(27,28)25-20-18(19(24)26)16-7-5-6-8-17(16)29-20/h5-12,25H,13H2,1-4H3,(H2,24,26). The number of nitrogens with two attached hydrogens (primary N) is 1. The summed E-state index contributed by atoms with van der Waals surface area (Å²) in [5.74, 6) is -1.28. The average molecular weight is 456 g/mol. The number of benzene rings is 2. The first-order valence-corrected chi connectivity index (χ1v) is 11.8. The number of carbonyl (C=O) groups is 1. The molecule has 0 bridgehead atoms. The molecule has 1 aliphatic heterocycles. The molecule has 0 unspecified atom stereocenters. The van der Waals surface area contributed by atoms with Crippen molar-refractivity contribution in [2.45, 2.75) is 44.6 Å². The van der Waals surface area contributed by atoms with Crippen LogP contribution in [0.15, 0.2) is 52.9 Å². The maximum Gasteiger partial charge on any atom is 0.494 e. The Labute approximate surface area is 187 Å². The summed E-state index contributed by atoms with van der Waals surface area (Å²) < 4.78 is 45.5. The van der Waals surface area contributed by atoms with Crippen LogP contribution in [0.1, 0.15) is 43.6 Å². The summed E-state index contributed by atoms with van der Waals surface area (Å²) in [4.78, 5) is 11.9. The second-order valence-electron chi connectivity index (χ2n) is 8.86. The third-order valence-electron chi connectivity index (χ3n) is 5.95. The Kier molecular flexibility index (Phi) is 5.35. The van der Waals surface area contributed by atoms with Crippen molar-refractivity contribution < 1.29 is 26.9 Å². The quantitative estimate of drug-likeness (QED) is 0.551. The Morgan fingerprint density at radius 1 is 1.00 bits per heavy atom. The molecular weight excluding hydrogens is 431 g/mol. The minimum absolute atomic E-state index is 0.000262. The molecule has 1 aliphatic rings. The van der Waals surface area contributed by atoms with Crippen molar-refractivity contribution in [1.29, 1.82) is 0 Å². The van der Waals surface area contributed by atoms with Gasteiger partial charge in [0.15, 0.2) is 0 Å². The van der Waals surface area contributed by atoms with Crippen molar-refractivity contribution in [3.63, 3.8) is 0 Å². The van der Waals surface area contributed by atoms with Crippen molar-refractivity contribution in [1.82, 2.24) is 0 Å². The molecule has 0 spiro atoms. The Morgan fingerprint density at radius 2 is 1.59 bits per heavy atom. The molecule has 1 saturated heterocycles. The fourth-order valence-electron chi connectivity index (χ4n) is 3.51. The molecule has 1 aromatic heterocycles. The van der Waals surface area contributed by atoms with E-state index >= 15 is 0 Å². The van der Waals surface area contributed by atoms with Gasteiger partial charge in [0.05, 0.1) is 17.0 Å². The number of hydrogen-bond donors (Lipinski definition) is 2. The van der Waals surface area contributed by atoms with Gasteiger partial charge >= 0.3 is 7.12 Å². The van der Waals surface area contributed by atoms with Crippen LogP contribution in [0.5, 0.6) is 0 Å². The van der Waals surface area contributed by atoms with Crippen LogP contribution in [0.2, 0.25) is 0 Å². The molecule has 168 valence electrons. The highest BCUT2D eigenvalue weighted by Crippen LogP contribution is 2.36. The Bertz CT molecular complexity index is 1270. The lowest BCUT2D eigenvalue weighted by molar-refractivity contribution is 0.00578. The first-order valence-electron chi connectivity index (χ1n) is 10.1. The molecule has 10 heteroatoms. The number of carbonyl (C=O) groups excluding carboxylic acids is 1. The highest BCUT2D eigenvalue weighted by Gasteiger charge is 2.51. The van der Waals surface area contributed by atoms with E-state index in [-0.39, 0.29) is 17.2 Å². The lowest BCUT2D eigenvalue weighted by atomic mass is 9.79. The van der Waals surface area contributed by atoms with E-state index in [0.717, 1.165) is 5.46 Å². The third-order valence-corrected chi connectivity index (χ3v) is 7.16. The molecule has 3 N–H and O–H groups in total. The molecule has 2 heterocycles. The van der Waals surface area contributed by atoms with E-state index in [1.807, 2.05) is 27.7 Å². The molecular formula is C22H25BN2O6S. The van der Waals surface area contributed by atoms with Crippen LogP contribution in [0, 0.1) is 0 Å². The molecule has 1 amide bonds. The van der Waals surface area contributed by atoms with Gasteiger partial charge in [0.2, 0.25) is 15.9 Å². The number of para-hydroxylation sites is 1. The average Bonchev–Trinajstić information content (AvgIpc) is 3.14. The van der Waals surface area contributed by atoms with Gasteiger partial charge in [0.1, 0.15) is 11.1 Å². The van der Waals surface area contributed by atoms with Gasteiger partial charge in [-0.1, -0.05) is 42.5 Å². The second-order valence-corrected chi connectivity index (χ2v) is 10.6. The largest absolute Gasteiger partial charge is 0.494 e. The molecule has 1 fully saturated rings. The molecule has 0 aliphatic carbocycles. The molecule has 0 saturated carbocycles. The van der Waals surface area contributed by atoms with Crippen molar-refractivity contribution in [2.24, 2.45) is 5.73 Å². The topological polar surface area (TPSA) is 121 Å². The van der Waals surface area contributed by atoms with E-state index in [1.165, 1.54) is 0 Å². The van der Waals surface area contributed by atoms with Gasteiger partial charge in [-0.05, 0) is 44.8 Å². The van der Waals surface area contributed by atoms with Gasteiger partial charge in [0, 0.05) is 5.39 Å². The van der Waals surface area contributed by atoms with Gasteiger partial charge in [-0.15, -0.1) is 0 Å². The van der Waals surface area contributed by atoms with E-state index < -0.39 is 34.3 Å². The number of rotatable bonds is 6. The molecule has 0 atom stereocenters. The first-order chi connectivity index (χ1) is 14.9. The van der Waals surface area contributed by atoms with E-state index in [4.69, 9.17) is 19.5 Å². The van der Waals surface area contributed by atoms with Crippen LogP contribution >= 0.6 is 0 Å². The monoisotopic (exact) mass is 456 g/mol. The zero-order chi connectivity index (χ0) is 23.3. The first kappa shape index (κ1) is 22.4. The number of fused-ring (bicyclic) bond motifs is 1. The van der Waals surface area contributed by atoms with Crippen molar-refractivity contribution in [3.8, 4) is 0 Å². The summed E-state index contributed by atoms with van der Waals surface area (Å²) in [6.45, 7) is 7.88. The normalized spacial score (nSPS) is 17.6. The molecule has 2 aromatic carbocycles. The predicted molar refractivity (Wildman–Crippen MR) is 123 cm³/mol. The lowest BCUT2D eigenvalue weighted by Gasteiger charge is -2.32. The number of hydrogen-bond acceptors (Lipinski definition) is 6. The minimum Gasteiger partial charge on any atom is -0.439 e. The fraction of sp³-hybridized carbons (Fsp3) is 0.318. The summed E-state index contributed by atoms with van der Waals surface area (Å²) in [6, 6.07) is 13.7. The van der Waals surface area contributed by atoms with Crippen molar-refractivity contribution in [2.75, 3.05) is 4.72 Å². The zero-order valence-corrected chi connectivity index (χ0v) is 19.2. The number of sulfonamides is 1. The number of amides is 1. The fourth-order valence-corrected chi connectivity index (χ4v) is 4.64. The molecule has 3 aromatic rings. The smallest absolute Gasteiger partial charge is 0.439 e. The summed E-state index contributed by atoms with van der Waals surface area (Å²) in [6.07, 6.45) is 0.